The molecule has 2 N–H and O–H groups in total. The van der Waals surface area contributed by atoms with Crippen molar-refractivity contribution in [3.05, 3.63) is 47.4 Å². The summed E-state index contributed by atoms with van der Waals surface area (Å²) in [6.07, 6.45) is 1.20. The Hall–Kier alpha value is -2.68. The zero-order valence-corrected chi connectivity index (χ0v) is 14.1. The number of nitrogens with one attached hydrogen (secondary N) is 1. The molecule has 2 aromatic rings. The van der Waals surface area contributed by atoms with Crippen LogP contribution in [0, 0.1) is 12.7 Å². The van der Waals surface area contributed by atoms with Crippen LogP contribution < -0.4 is 9.62 Å². The molecule has 0 spiro atoms. The fourth-order valence-electron chi connectivity index (χ4n) is 2.10. The van der Waals surface area contributed by atoms with Crippen molar-refractivity contribution in [1.82, 2.24) is 4.98 Å². The van der Waals surface area contributed by atoms with Gasteiger partial charge in [-0.1, -0.05) is 6.07 Å². The van der Waals surface area contributed by atoms with Gasteiger partial charge in [-0.25, -0.2) is 22.6 Å². The number of anilines is 2. The van der Waals surface area contributed by atoms with E-state index in [1.165, 1.54) is 24.1 Å². The summed E-state index contributed by atoms with van der Waals surface area (Å²) < 4.78 is 40.4. The lowest BCUT2D eigenvalue weighted by Gasteiger charge is -2.16. The fraction of sp³-hybridized carbons (Fsp3) is 0.200. The minimum Gasteiger partial charge on any atom is -0.478 e. The normalized spacial score (nSPS) is 11.2. The van der Waals surface area contributed by atoms with Gasteiger partial charge in [-0.2, -0.15) is 0 Å². The van der Waals surface area contributed by atoms with Gasteiger partial charge in [-0.15, -0.1) is 0 Å². The van der Waals surface area contributed by atoms with Gasteiger partial charge in [0.15, 0.2) is 0 Å². The van der Waals surface area contributed by atoms with Gasteiger partial charge in [-0.05, 0) is 30.7 Å². The van der Waals surface area contributed by atoms with E-state index < -0.39 is 21.8 Å². The molecular weight excluding hydrogens is 337 g/mol. The molecule has 0 unspecified atom stereocenters. The number of carbonyl (C=O) groups is 1. The summed E-state index contributed by atoms with van der Waals surface area (Å²) in [5.74, 6) is -1.74. The average molecular weight is 353 g/mol. The zero-order valence-electron chi connectivity index (χ0n) is 13.2. The highest BCUT2D eigenvalue weighted by atomic mass is 32.2. The van der Waals surface area contributed by atoms with Crippen LogP contribution in [0.15, 0.2) is 35.4 Å². The number of carboxylic acid groups (broad SMARTS) is 1. The van der Waals surface area contributed by atoms with Gasteiger partial charge >= 0.3 is 5.97 Å². The van der Waals surface area contributed by atoms with Crippen molar-refractivity contribution in [1.29, 1.82) is 0 Å². The molecule has 0 aliphatic heterocycles. The summed E-state index contributed by atoms with van der Waals surface area (Å²) in [6, 6.07) is 4.57. The Balaban J connectivity index is 2.45. The van der Waals surface area contributed by atoms with Crippen LogP contribution in [-0.4, -0.2) is 38.6 Å². The van der Waals surface area contributed by atoms with Crippen LogP contribution in [0.1, 0.15) is 15.9 Å². The van der Waals surface area contributed by atoms with Crippen molar-refractivity contribution in [3.63, 3.8) is 0 Å². The van der Waals surface area contributed by atoms with Crippen molar-refractivity contribution in [3.8, 4) is 0 Å². The van der Waals surface area contributed by atoms with Crippen molar-refractivity contribution >= 4 is 27.5 Å². The van der Waals surface area contributed by atoms with Gasteiger partial charge in [0.2, 0.25) is 0 Å². The Kier molecular flexibility index (Phi) is 4.74. The number of pyridine rings is 1. The van der Waals surface area contributed by atoms with Crippen LogP contribution in [0.4, 0.5) is 15.9 Å². The number of hydrogen-bond acceptors (Lipinski definition) is 5. The highest BCUT2D eigenvalue weighted by Crippen LogP contribution is 2.23. The standard InChI is InChI=1S/C15H16FN3O4S/c1-9-4-5-10(16)6-13(9)24(22,23)18-11-7-12(15(20)21)14(17-8-11)19(2)3/h4-8,18H,1-3H3,(H,20,21). The maximum absolute atomic E-state index is 13.3. The molecule has 0 saturated heterocycles. The second-order valence-electron chi connectivity index (χ2n) is 5.31. The minimum atomic E-state index is -4.08. The number of rotatable bonds is 5. The molecule has 7 nitrogen and oxygen atoms in total. The third-order valence-electron chi connectivity index (χ3n) is 3.21. The Bertz CT molecular complexity index is 898. The average Bonchev–Trinajstić information content (AvgIpc) is 2.48. The van der Waals surface area contributed by atoms with Gasteiger partial charge < -0.3 is 10.0 Å². The maximum atomic E-state index is 13.3. The molecule has 1 aromatic heterocycles. The summed E-state index contributed by atoms with van der Waals surface area (Å²) in [5.41, 5.74) is 0.179. The summed E-state index contributed by atoms with van der Waals surface area (Å²) >= 11 is 0. The molecule has 0 aliphatic rings. The molecule has 1 heterocycles. The highest BCUT2D eigenvalue weighted by molar-refractivity contribution is 7.92. The number of aryl methyl sites for hydroxylation is 1. The van der Waals surface area contributed by atoms with Crippen LogP contribution in [-0.2, 0) is 10.0 Å². The van der Waals surface area contributed by atoms with Crippen molar-refractivity contribution in [2.75, 3.05) is 23.7 Å². The molecule has 9 heteroatoms. The van der Waals surface area contributed by atoms with E-state index in [9.17, 15) is 22.7 Å². The third kappa shape index (κ3) is 3.62. The Labute approximate surface area is 138 Å². The van der Waals surface area contributed by atoms with Gasteiger partial charge in [0.25, 0.3) is 10.0 Å². The summed E-state index contributed by atoms with van der Waals surface area (Å²) in [5, 5.41) is 9.24. The number of aromatic nitrogens is 1. The topological polar surface area (TPSA) is 99.6 Å². The van der Waals surface area contributed by atoms with E-state index in [-0.39, 0.29) is 22.0 Å². The molecule has 0 bridgehead atoms. The van der Waals surface area contributed by atoms with E-state index in [2.05, 4.69) is 9.71 Å². The molecule has 0 saturated carbocycles. The zero-order chi connectivity index (χ0) is 18.1. The molecule has 0 atom stereocenters. The van der Waals surface area contributed by atoms with Gasteiger partial charge in [0.05, 0.1) is 16.8 Å². The lowest BCUT2D eigenvalue weighted by molar-refractivity contribution is 0.0697. The quantitative estimate of drug-likeness (QED) is 0.854. The van der Waals surface area contributed by atoms with Gasteiger partial charge in [-0.3, -0.25) is 4.72 Å². The van der Waals surface area contributed by atoms with Crippen molar-refractivity contribution < 1.29 is 22.7 Å². The van der Waals surface area contributed by atoms with E-state index >= 15 is 0 Å². The van der Waals surface area contributed by atoms with E-state index in [4.69, 9.17) is 0 Å². The second-order valence-corrected chi connectivity index (χ2v) is 6.96. The number of sulfonamides is 1. The molecule has 2 rings (SSSR count). The summed E-state index contributed by atoms with van der Waals surface area (Å²) in [4.78, 5) is 16.6. The van der Waals surface area contributed by atoms with Crippen molar-refractivity contribution in [2.45, 2.75) is 11.8 Å². The Morgan fingerprint density at radius 2 is 1.96 bits per heavy atom. The predicted octanol–water partition coefficient (Wildman–Crippen LogP) is 2.09. The number of nitrogens with zero attached hydrogens (tertiary/aromatic N) is 2. The lowest BCUT2D eigenvalue weighted by Crippen LogP contribution is -2.18. The van der Waals surface area contributed by atoms with Crippen LogP contribution in [0.2, 0.25) is 0 Å². The monoisotopic (exact) mass is 353 g/mol. The van der Waals surface area contributed by atoms with E-state index in [0.717, 1.165) is 18.2 Å². The smallest absolute Gasteiger partial charge is 0.339 e. The molecular formula is C15H16FN3O4S. The maximum Gasteiger partial charge on any atom is 0.339 e. The van der Waals surface area contributed by atoms with E-state index in [1.807, 2.05) is 0 Å². The first kappa shape index (κ1) is 17.7. The lowest BCUT2D eigenvalue weighted by atomic mass is 10.2. The summed E-state index contributed by atoms with van der Waals surface area (Å²) in [7, 11) is -0.839. The first-order valence-corrected chi connectivity index (χ1v) is 8.30. The van der Waals surface area contributed by atoms with Crippen molar-refractivity contribution in [2.24, 2.45) is 0 Å². The predicted molar refractivity (Wildman–Crippen MR) is 87.5 cm³/mol. The molecule has 128 valence electrons. The third-order valence-corrected chi connectivity index (χ3v) is 4.74. The molecule has 0 fully saturated rings. The number of aromatic carboxylic acids is 1. The largest absolute Gasteiger partial charge is 0.478 e. The first-order valence-electron chi connectivity index (χ1n) is 6.81. The number of halogens is 1. The number of hydrogen-bond donors (Lipinski definition) is 2. The molecule has 0 aliphatic carbocycles. The SMILES string of the molecule is Cc1ccc(F)cc1S(=O)(=O)Nc1cnc(N(C)C)c(C(=O)O)c1. The van der Waals surface area contributed by atoms with Crippen LogP contribution in [0.25, 0.3) is 0 Å². The number of carboxylic acids is 1. The fourth-order valence-corrected chi connectivity index (χ4v) is 3.39. The van der Waals surface area contributed by atoms with E-state index in [0.29, 0.717) is 5.56 Å². The molecule has 24 heavy (non-hydrogen) atoms. The highest BCUT2D eigenvalue weighted by Gasteiger charge is 2.20. The second kappa shape index (κ2) is 6.44. The Morgan fingerprint density at radius 3 is 2.54 bits per heavy atom. The van der Waals surface area contributed by atoms with Crippen LogP contribution >= 0.6 is 0 Å². The molecule has 0 radical (unpaired) electrons. The minimum absolute atomic E-state index is 0.0262. The number of benzene rings is 1. The van der Waals surface area contributed by atoms with E-state index in [1.54, 1.807) is 14.1 Å². The molecule has 0 amide bonds. The van der Waals surface area contributed by atoms with Crippen LogP contribution in [0.3, 0.4) is 0 Å². The van der Waals surface area contributed by atoms with Gasteiger partial charge in [0.1, 0.15) is 17.2 Å². The van der Waals surface area contributed by atoms with Gasteiger partial charge in [0, 0.05) is 14.1 Å². The Morgan fingerprint density at radius 1 is 1.29 bits per heavy atom. The molecule has 1 aromatic carbocycles. The van der Waals surface area contributed by atoms with Crippen LogP contribution in [0.5, 0.6) is 0 Å². The first-order chi connectivity index (χ1) is 11.1. The summed E-state index contributed by atoms with van der Waals surface area (Å²) in [6.45, 7) is 1.53.